The van der Waals surface area contributed by atoms with Crippen LogP contribution in [0.4, 0.5) is 11.4 Å². The van der Waals surface area contributed by atoms with Crippen LogP contribution in [0, 0.1) is 13.8 Å². The molecule has 0 saturated carbocycles. The number of amides is 2. The van der Waals surface area contributed by atoms with E-state index in [0.717, 1.165) is 26.9 Å². The van der Waals surface area contributed by atoms with E-state index in [-0.39, 0.29) is 18.4 Å². The van der Waals surface area contributed by atoms with Crippen LogP contribution in [0.2, 0.25) is 5.02 Å². The van der Waals surface area contributed by atoms with Crippen molar-refractivity contribution in [3.05, 3.63) is 85.7 Å². The summed E-state index contributed by atoms with van der Waals surface area (Å²) < 4.78 is 12.6. The third kappa shape index (κ3) is 6.18. The molecule has 1 fully saturated rings. The first kappa shape index (κ1) is 27.2. The van der Waals surface area contributed by atoms with E-state index >= 15 is 0 Å². The Morgan fingerprint density at radius 3 is 2.65 bits per heavy atom. The maximum atomic E-state index is 13.0. The number of thioether (sulfide) groups is 1. The van der Waals surface area contributed by atoms with Gasteiger partial charge in [-0.25, -0.2) is 0 Å². The molecule has 6 nitrogen and oxygen atoms in total. The third-order valence-corrected chi connectivity index (χ3v) is 8.10. The fraction of sp³-hybridized carbons (Fsp3) is 0.148. The zero-order valence-electron chi connectivity index (χ0n) is 20.1. The highest BCUT2D eigenvalue weighted by Gasteiger charge is 2.33. The van der Waals surface area contributed by atoms with Gasteiger partial charge in [-0.3, -0.25) is 14.5 Å². The van der Waals surface area contributed by atoms with Crippen molar-refractivity contribution in [2.45, 2.75) is 13.8 Å². The number of rotatable bonds is 7. The van der Waals surface area contributed by atoms with Crippen LogP contribution in [0.15, 0.2) is 64.0 Å². The van der Waals surface area contributed by atoms with Gasteiger partial charge in [0, 0.05) is 15.2 Å². The van der Waals surface area contributed by atoms with Crippen molar-refractivity contribution in [2.75, 3.05) is 23.9 Å². The summed E-state index contributed by atoms with van der Waals surface area (Å²) in [4.78, 5) is 27.5. The third-order valence-electron chi connectivity index (χ3n) is 5.70. The lowest BCUT2D eigenvalue weighted by molar-refractivity contribution is -0.118. The van der Waals surface area contributed by atoms with Gasteiger partial charge in [-0.05, 0) is 79.1 Å². The molecule has 2 amide bonds. The van der Waals surface area contributed by atoms with Crippen LogP contribution >= 0.6 is 51.5 Å². The Morgan fingerprint density at radius 1 is 1.14 bits per heavy atom. The van der Waals surface area contributed by atoms with E-state index in [1.165, 1.54) is 23.8 Å². The average molecular weight is 618 g/mol. The highest BCUT2D eigenvalue weighted by Crippen LogP contribution is 2.38. The number of carbonyl (C=O) groups is 2. The van der Waals surface area contributed by atoms with Crippen LogP contribution in [-0.2, 0) is 9.59 Å². The van der Waals surface area contributed by atoms with Crippen molar-refractivity contribution < 1.29 is 19.1 Å². The Bertz CT molecular complexity index is 1440. The molecule has 0 unspecified atom stereocenters. The highest BCUT2D eigenvalue weighted by atomic mass is 79.9. The highest BCUT2D eigenvalue weighted by molar-refractivity contribution is 9.10. The van der Waals surface area contributed by atoms with Crippen LogP contribution in [-0.4, -0.2) is 29.9 Å². The number of methoxy groups -OCH3 is 1. The van der Waals surface area contributed by atoms with Crippen LogP contribution < -0.4 is 19.7 Å². The Kier molecular flexibility index (Phi) is 8.59. The van der Waals surface area contributed by atoms with Gasteiger partial charge in [-0.2, -0.15) is 0 Å². The Balaban J connectivity index is 1.46. The van der Waals surface area contributed by atoms with Crippen molar-refractivity contribution >= 4 is 85.1 Å². The second kappa shape index (κ2) is 11.7. The number of hydrogen-bond donors (Lipinski definition) is 1. The van der Waals surface area contributed by atoms with Gasteiger partial charge in [-0.15, -0.1) is 0 Å². The fourth-order valence-electron chi connectivity index (χ4n) is 3.60. The largest absolute Gasteiger partial charge is 0.493 e. The molecule has 0 aliphatic carbocycles. The second-order valence-corrected chi connectivity index (χ2v) is 11.1. The average Bonchev–Trinajstić information content (AvgIpc) is 3.15. The molecule has 1 saturated heterocycles. The molecule has 1 aliphatic heterocycles. The molecule has 0 spiro atoms. The lowest BCUT2D eigenvalue weighted by Gasteiger charge is -2.14. The predicted octanol–water partition coefficient (Wildman–Crippen LogP) is 7.15. The summed E-state index contributed by atoms with van der Waals surface area (Å²) in [5, 5.41) is 3.40. The molecule has 0 atom stereocenters. The number of benzene rings is 3. The molecule has 4 rings (SSSR count). The molecule has 1 heterocycles. The van der Waals surface area contributed by atoms with Crippen molar-refractivity contribution in [2.24, 2.45) is 0 Å². The number of halogens is 2. The number of nitrogens with one attached hydrogen (secondary N) is 1. The minimum Gasteiger partial charge on any atom is -0.493 e. The summed E-state index contributed by atoms with van der Waals surface area (Å²) in [6.07, 6.45) is 1.74. The van der Waals surface area contributed by atoms with E-state index in [2.05, 4.69) is 21.2 Å². The summed E-state index contributed by atoms with van der Waals surface area (Å²) in [6.45, 7) is 3.73. The normalized spacial score (nSPS) is 14.3. The van der Waals surface area contributed by atoms with Crippen LogP contribution in [0.1, 0.15) is 16.7 Å². The number of nitrogens with zero attached hydrogens (tertiary/aromatic N) is 1. The standard InChI is InChI=1S/C27H22BrClN2O4S2/c1-15-16(2)21(9-8-20(15)28)30-25(32)14-35-22-10-7-17(11-23(22)34-3)12-24-26(33)31(27(36)37-24)19-6-4-5-18(29)13-19/h4-13H,14H2,1-3H3,(H,30,32)/b24-12-. The molecular formula is C27H22BrClN2O4S2. The molecular weight excluding hydrogens is 596 g/mol. The molecule has 37 heavy (non-hydrogen) atoms. The first-order chi connectivity index (χ1) is 17.7. The first-order valence-corrected chi connectivity index (χ1v) is 13.5. The topological polar surface area (TPSA) is 67.9 Å². The Labute approximate surface area is 238 Å². The van der Waals surface area contributed by atoms with Crippen LogP contribution in [0.3, 0.4) is 0 Å². The van der Waals surface area contributed by atoms with E-state index < -0.39 is 0 Å². The number of anilines is 2. The molecule has 1 N–H and O–H groups in total. The monoisotopic (exact) mass is 616 g/mol. The van der Waals surface area contributed by atoms with Gasteiger partial charge in [0.25, 0.3) is 11.8 Å². The lowest BCUT2D eigenvalue weighted by atomic mass is 10.1. The second-order valence-electron chi connectivity index (χ2n) is 8.09. The first-order valence-electron chi connectivity index (χ1n) is 11.1. The van der Waals surface area contributed by atoms with E-state index in [1.54, 1.807) is 48.5 Å². The summed E-state index contributed by atoms with van der Waals surface area (Å²) >= 11 is 16.2. The maximum Gasteiger partial charge on any atom is 0.270 e. The van der Waals surface area contributed by atoms with Crippen molar-refractivity contribution in [1.29, 1.82) is 0 Å². The number of carbonyl (C=O) groups excluding carboxylic acids is 2. The van der Waals surface area contributed by atoms with Gasteiger partial charge >= 0.3 is 0 Å². The van der Waals surface area contributed by atoms with E-state index in [4.69, 9.17) is 33.3 Å². The zero-order valence-corrected chi connectivity index (χ0v) is 24.1. The zero-order chi connectivity index (χ0) is 26.7. The van der Waals surface area contributed by atoms with E-state index in [9.17, 15) is 9.59 Å². The minimum absolute atomic E-state index is 0.192. The molecule has 0 aromatic heterocycles. The van der Waals surface area contributed by atoms with E-state index in [1.807, 2.05) is 26.0 Å². The Morgan fingerprint density at radius 2 is 1.92 bits per heavy atom. The summed E-state index contributed by atoms with van der Waals surface area (Å²) in [5.74, 6) is 0.319. The summed E-state index contributed by atoms with van der Waals surface area (Å²) in [6, 6.07) is 15.9. The van der Waals surface area contributed by atoms with Gasteiger partial charge in [0.2, 0.25) is 0 Å². The summed E-state index contributed by atoms with van der Waals surface area (Å²) in [7, 11) is 1.51. The lowest BCUT2D eigenvalue weighted by Crippen LogP contribution is -2.27. The van der Waals surface area contributed by atoms with Crippen molar-refractivity contribution in [3.63, 3.8) is 0 Å². The molecule has 3 aromatic carbocycles. The maximum absolute atomic E-state index is 13.0. The van der Waals surface area contributed by atoms with Crippen molar-refractivity contribution in [1.82, 2.24) is 0 Å². The smallest absolute Gasteiger partial charge is 0.270 e. The van der Waals surface area contributed by atoms with E-state index in [0.29, 0.717) is 31.4 Å². The van der Waals surface area contributed by atoms with Crippen LogP contribution in [0.25, 0.3) is 6.08 Å². The number of hydrogen-bond acceptors (Lipinski definition) is 6. The van der Waals surface area contributed by atoms with Gasteiger partial charge < -0.3 is 14.8 Å². The molecule has 1 aliphatic rings. The number of thiocarbonyl (C=S) groups is 1. The fourth-order valence-corrected chi connectivity index (χ4v) is 5.52. The quantitative estimate of drug-likeness (QED) is 0.224. The van der Waals surface area contributed by atoms with Gasteiger partial charge in [0.15, 0.2) is 22.4 Å². The molecule has 190 valence electrons. The van der Waals surface area contributed by atoms with Gasteiger partial charge in [0.1, 0.15) is 0 Å². The summed E-state index contributed by atoms with van der Waals surface area (Å²) in [5.41, 5.74) is 4.10. The molecule has 0 radical (unpaired) electrons. The molecule has 10 heteroatoms. The molecule has 0 bridgehead atoms. The number of ether oxygens (including phenoxy) is 2. The Hall–Kier alpha value is -2.85. The van der Waals surface area contributed by atoms with Gasteiger partial charge in [0.05, 0.1) is 17.7 Å². The molecule has 3 aromatic rings. The minimum atomic E-state index is -0.291. The SMILES string of the molecule is COc1cc(/C=C2\SC(=S)N(c3cccc(Cl)c3)C2=O)ccc1OCC(=O)Nc1ccc(Br)c(C)c1C. The van der Waals surface area contributed by atoms with Crippen LogP contribution in [0.5, 0.6) is 11.5 Å². The van der Waals surface area contributed by atoms with Crippen molar-refractivity contribution in [3.8, 4) is 11.5 Å². The van der Waals surface area contributed by atoms with Gasteiger partial charge in [-0.1, -0.05) is 63.6 Å². The predicted molar refractivity (Wildman–Crippen MR) is 158 cm³/mol.